The number of carbonyl (C=O) groups excluding carboxylic acids is 1. The summed E-state index contributed by atoms with van der Waals surface area (Å²) in [6.07, 6.45) is 12.2. The maximum Gasteiger partial charge on any atom is 0.314 e. The zero-order chi connectivity index (χ0) is 22.2. The highest BCUT2D eigenvalue weighted by Gasteiger charge is 2.29. The van der Waals surface area contributed by atoms with Crippen molar-refractivity contribution in [3.05, 3.63) is 29.3 Å². The zero-order valence-corrected chi connectivity index (χ0v) is 18.4. The summed E-state index contributed by atoms with van der Waals surface area (Å²) in [6, 6.07) is 3.21. The number of hydrogen-bond donors (Lipinski definition) is 0. The summed E-state index contributed by atoms with van der Waals surface area (Å²) >= 11 is 0. The zero-order valence-electron chi connectivity index (χ0n) is 18.4. The van der Waals surface area contributed by atoms with Crippen LogP contribution in [-0.4, -0.2) is 18.7 Å². The molecule has 0 saturated heterocycles. The lowest BCUT2D eigenvalue weighted by molar-refractivity contribution is -0.141. The Morgan fingerprint density at radius 3 is 2.23 bits per heavy atom. The number of unbranched alkanes of at least 4 members (excludes halogenated alkanes) is 1. The van der Waals surface area contributed by atoms with Crippen LogP contribution in [0.25, 0.3) is 0 Å². The van der Waals surface area contributed by atoms with Gasteiger partial charge in [-0.2, -0.15) is 5.26 Å². The standard InChI is InChI=1S/C25H33F2NO3/c1-2-3-4-17-5-7-18(8-6-17)16-30-20-11-9-19(10-12-20)25(29)31-21-13-23(26)22(15-28)24(27)14-21/h13-14,17-20H,2-12,16H2,1H3. The summed E-state index contributed by atoms with van der Waals surface area (Å²) in [5.41, 5.74) is -0.674. The lowest BCUT2D eigenvalue weighted by Gasteiger charge is -2.31. The van der Waals surface area contributed by atoms with Crippen LogP contribution in [-0.2, 0) is 9.53 Å². The second-order valence-corrected chi connectivity index (χ2v) is 9.13. The number of rotatable bonds is 8. The van der Waals surface area contributed by atoms with Crippen LogP contribution < -0.4 is 4.74 Å². The predicted octanol–water partition coefficient (Wildman–Crippen LogP) is 6.31. The van der Waals surface area contributed by atoms with Crippen molar-refractivity contribution in [2.45, 2.75) is 83.7 Å². The van der Waals surface area contributed by atoms with Crippen LogP contribution in [0.5, 0.6) is 5.75 Å². The highest BCUT2D eigenvalue weighted by molar-refractivity contribution is 5.75. The summed E-state index contributed by atoms with van der Waals surface area (Å²) in [6.45, 7) is 3.06. The first-order valence-electron chi connectivity index (χ1n) is 11.7. The summed E-state index contributed by atoms with van der Waals surface area (Å²) in [7, 11) is 0. The van der Waals surface area contributed by atoms with Crippen molar-refractivity contribution in [1.82, 2.24) is 0 Å². The fourth-order valence-electron chi connectivity index (χ4n) is 4.83. The Hall–Kier alpha value is -2.00. The van der Waals surface area contributed by atoms with E-state index in [1.165, 1.54) is 51.0 Å². The van der Waals surface area contributed by atoms with Crippen molar-refractivity contribution in [2.24, 2.45) is 17.8 Å². The first kappa shape index (κ1) is 23.7. The Kier molecular flexibility index (Phi) is 8.83. The van der Waals surface area contributed by atoms with Crippen LogP contribution in [0.2, 0.25) is 0 Å². The Morgan fingerprint density at radius 1 is 1.03 bits per heavy atom. The van der Waals surface area contributed by atoms with E-state index in [1.54, 1.807) is 0 Å². The van der Waals surface area contributed by atoms with Gasteiger partial charge in [0.1, 0.15) is 29.0 Å². The molecule has 3 rings (SSSR count). The Labute approximate surface area is 183 Å². The third-order valence-corrected chi connectivity index (χ3v) is 6.85. The molecule has 170 valence electrons. The topological polar surface area (TPSA) is 59.3 Å². The minimum Gasteiger partial charge on any atom is -0.426 e. The van der Waals surface area contributed by atoms with Crippen molar-refractivity contribution in [3.63, 3.8) is 0 Å². The predicted molar refractivity (Wildman–Crippen MR) is 113 cm³/mol. The van der Waals surface area contributed by atoms with Crippen molar-refractivity contribution < 1.29 is 23.0 Å². The SMILES string of the molecule is CCCCC1CCC(COC2CCC(C(=O)Oc3cc(F)c(C#N)c(F)c3)CC2)CC1. The van der Waals surface area contributed by atoms with Crippen molar-refractivity contribution >= 4 is 5.97 Å². The lowest BCUT2D eigenvalue weighted by atomic mass is 9.80. The van der Waals surface area contributed by atoms with Crippen molar-refractivity contribution in [2.75, 3.05) is 6.61 Å². The van der Waals surface area contributed by atoms with Crippen LogP contribution in [0.4, 0.5) is 8.78 Å². The fraction of sp³-hybridized carbons (Fsp3) is 0.680. The molecule has 2 aliphatic rings. The largest absolute Gasteiger partial charge is 0.426 e. The molecule has 6 heteroatoms. The van der Waals surface area contributed by atoms with Gasteiger partial charge in [0.15, 0.2) is 0 Å². The molecule has 2 aliphatic carbocycles. The molecular weight excluding hydrogens is 400 g/mol. The van der Waals surface area contributed by atoms with Gasteiger partial charge in [0.25, 0.3) is 0 Å². The number of hydrogen-bond acceptors (Lipinski definition) is 4. The number of halogens is 2. The molecule has 0 N–H and O–H groups in total. The quantitative estimate of drug-likeness (QED) is 0.356. The molecule has 0 aromatic heterocycles. The molecule has 0 amide bonds. The van der Waals surface area contributed by atoms with Gasteiger partial charge in [-0.15, -0.1) is 0 Å². The first-order valence-corrected chi connectivity index (χ1v) is 11.7. The summed E-state index contributed by atoms with van der Waals surface area (Å²) < 4.78 is 38.7. The van der Waals surface area contributed by atoms with Gasteiger partial charge in [-0.05, 0) is 50.4 Å². The first-order chi connectivity index (χ1) is 15.0. The van der Waals surface area contributed by atoms with Crippen molar-refractivity contribution in [1.29, 1.82) is 5.26 Å². The van der Waals surface area contributed by atoms with E-state index in [9.17, 15) is 13.6 Å². The number of esters is 1. The van der Waals surface area contributed by atoms with Gasteiger partial charge in [-0.3, -0.25) is 4.79 Å². The number of nitrogens with zero attached hydrogens (tertiary/aromatic N) is 1. The van der Waals surface area contributed by atoms with Crippen LogP contribution in [0, 0.1) is 40.7 Å². The van der Waals surface area contributed by atoms with Gasteiger partial charge in [0, 0.05) is 18.7 Å². The van der Waals surface area contributed by atoms with Crippen LogP contribution in [0.15, 0.2) is 12.1 Å². The molecule has 0 heterocycles. The Balaban J connectivity index is 1.37. The van der Waals surface area contributed by atoms with E-state index in [0.717, 1.165) is 37.5 Å². The van der Waals surface area contributed by atoms with Gasteiger partial charge >= 0.3 is 5.97 Å². The minimum atomic E-state index is -1.03. The number of nitriles is 1. The van der Waals surface area contributed by atoms with E-state index in [-0.39, 0.29) is 17.8 Å². The fourth-order valence-corrected chi connectivity index (χ4v) is 4.83. The van der Waals surface area contributed by atoms with Gasteiger partial charge in [-0.25, -0.2) is 8.78 Å². The Bertz CT molecular complexity index is 752. The molecule has 0 spiro atoms. The van der Waals surface area contributed by atoms with Crippen LogP contribution in [0.1, 0.15) is 83.1 Å². The maximum atomic E-state index is 13.7. The average molecular weight is 434 g/mol. The monoisotopic (exact) mass is 433 g/mol. The highest BCUT2D eigenvalue weighted by Crippen LogP contribution is 2.34. The molecule has 1 aromatic carbocycles. The van der Waals surface area contributed by atoms with Gasteiger partial charge in [0.05, 0.1) is 12.0 Å². The van der Waals surface area contributed by atoms with E-state index in [4.69, 9.17) is 14.7 Å². The molecule has 2 saturated carbocycles. The summed E-state index contributed by atoms with van der Waals surface area (Å²) in [5.74, 6) is -1.48. The van der Waals surface area contributed by atoms with E-state index < -0.39 is 23.2 Å². The second kappa shape index (κ2) is 11.6. The van der Waals surface area contributed by atoms with E-state index >= 15 is 0 Å². The third kappa shape index (κ3) is 6.74. The van der Waals surface area contributed by atoms with Crippen LogP contribution in [0.3, 0.4) is 0 Å². The second-order valence-electron chi connectivity index (χ2n) is 9.13. The van der Waals surface area contributed by atoms with Crippen molar-refractivity contribution in [3.8, 4) is 11.8 Å². The van der Waals surface area contributed by atoms with E-state index in [0.29, 0.717) is 18.8 Å². The normalized spacial score (nSPS) is 26.3. The molecule has 0 unspecified atom stereocenters. The third-order valence-electron chi connectivity index (χ3n) is 6.85. The molecule has 1 aromatic rings. The molecule has 0 aliphatic heterocycles. The summed E-state index contributed by atoms with van der Waals surface area (Å²) in [4.78, 5) is 12.4. The van der Waals surface area contributed by atoms with Gasteiger partial charge in [-0.1, -0.05) is 39.0 Å². The molecule has 2 fully saturated rings. The number of ether oxygens (including phenoxy) is 2. The molecule has 4 nitrogen and oxygen atoms in total. The molecule has 0 atom stereocenters. The van der Waals surface area contributed by atoms with Gasteiger partial charge in [0.2, 0.25) is 0 Å². The number of benzene rings is 1. The maximum absolute atomic E-state index is 13.7. The minimum absolute atomic E-state index is 0.173. The smallest absolute Gasteiger partial charge is 0.314 e. The van der Waals surface area contributed by atoms with Gasteiger partial charge < -0.3 is 9.47 Å². The van der Waals surface area contributed by atoms with Crippen LogP contribution >= 0.6 is 0 Å². The Morgan fingerprint density at radius 2 is 1.65 bits per heavy atom. The average Bonchev–Trinajstić information content (AvgIpc) is 2.77. The lowest BCUT2D eigenvalue weighted by Crippen LogP contribution is -2.30. The molecule has 0 bridgehead atoms. The number of carbonyl (C=O) groups is 1. The molecular formula is C25H33F2NO3. The van der Waals surface area contributed by atoms with E-state index in [1.807, 2.05) is 0 Å². The highest BCUT2D eigenvalue weighted by atomic mass is 19.1. The molecule has 31 heavy (non-hydrogen) atoms. The molecule has 0 radical (unpaired) electrons. The van der Waals surface area contributed by atoms with E-state index in [2.05, 4.69) is 6.92 Å². The summed E-state index contributed by atoms with van der Waals surface area (Å²) in [5, 5.41) is 8.72.